The molecule has 1 saturated heterocycles. The quantitative estimate of drug-likeness (QED) is 0.758. The van der Waals surface area contributed by atoms with Crippen LogP contribution in [-0.2, 0) is 11.2 Å². The summed E-state index contributed by atoms with van der Waals surface area (Å²) in [6.07, 6.45) is 8.24. The first-order chi connectivity index (χ1) is 12.8. The van der Waals surface area contributed by atoms with Gasteiger partial charge in [0.15, 0.2) is 5.65 Å². The van der Waals surface area contributed by atoms with Gasteiger partial charge in [0.2, 0.25) is 11.9 Å². The number of carbonyl (C=O) groups is 1. The smallest absolute Gasteiger partial charge is 0.231 e. The van der Waals surface area contributed by atoms with E-state index in [0.717, 1.165) is 43.0 Å². The van der Waals surface area contributed by atoms with E-state index in [1.54, 1.807) is 6.20 Å². The third-order valence-electron chi connectivity index (χ3n) is 4.81. The van der Waals surface area contributed by atoms with Crippen LogP contribution < -0.4 is 10.2 Å². The van der Waals surface area contributed by atoms with Crippen LogP contribution in [-0.4, -0.2) is 45.1 Å². The third kappa shape index (κ3) is 3.51. The van der Waals surface area contributed by atoms with Crippen molar-refractivity contribution in [3.05, 3.63) is 54.5 Å². The summed E-state index contributed by atoms with van der Waals surface area (Å²) in [5.74, 6) is 0.912. The van der Waals surface area contributed by atoms with Crippen LogP contribution in [0.3, 0.4) is 0 Å². The highest BCUT2D eigenvalue weighted by Crippen LogP contribution is 2.22. The molecule has 134 valence electrons. The predicted molar refractivity (Wildman–Crippen MR) is 98.9 cm³/mol. The lowest BCUT2D eigenvalue weighted by Crippen LogP contribution is -2.44. The van der Waals surface area contributed by atoms with E-state index in [2.05, 4.69) is 25.4 Å². The standard InChI is InChI=1S/C19H22N6O/c26-18(21-10-8-15-5-3-9-20-13-15)16-6-4-11-24(14-16)19-23-22-17-7-1-2-12-25(17)19/h1-3,5,7,9,12-13,16H,4,6,8,10-11,14H2,(H,21,26). The van der Waals surface area contributed by atoms with Gasteiger partial charge in [-0.1, -0.05) is 12.1 Å². The van der Waals surface area contributed by atoms with Crippen molar-refractivity contribution >= 4 is 17.5 Å². The van der Waals surface area contributed by atoms with Crippen molar-refractivity contribution < 1.29 is 4.79 Å². The van der Waals surface area contributed by atoms with E-state index < -0.39 is 0 Å². The Morgan fingerprint density at radius 1 is 1.23 bits per heavy atom. The number of carbonyl (C=O) groups excluding carboxylic acids is 1. The third-order valence-corrected chi connectivity index (χ3v) is 4.81. The first-order valence-corrected chi connectivity index (χ1v) is 9.02. The molecule has 1 fully saturated rings. The number of fused-ring (bicyclic) bond motifs is 1. The molecule has 7 heteroatoms. The molecule has 3 aromatic rings. The first-order valence-electron chi connectivity index (χ1n) is 9.02. The largest absolute Gasteiger partial charge is 0.355 e. The molecule has 1 unspecified atom stereocenters. The molecule has 4 rings (SSSR count). The number of nitrogens with zero attached hydrogens (tertiary/aromatic N) is 5. The van der Waals surface area contributed by atoms with Gasteiger partial charge in [0.1, 0.15) is 0 Å². The lowest BCUT2D eigenvalue weighted by molar-refractivity contribution is -0.125. The maximum atomic E-state index is 12.6. The van der Waals surface area contributed by atoms with Gasteiger partial charge in [-0.15, -0.1) is 10.2 Å². The zero-order valence-electron chi connectivity index (χ0n) is 14.6. The van der Waals surface area contributed by atoms with Gasteiger partial charge in [0, 0.05) is 38.2 Å². The van der Waals surface area contributed by atoms with Gasteiger partial charge in [-0.25, -0.2) is 0 Å². The normalized spacial score (nSPS) is 17.4. The van der Waals surface area contributed by atoms with E-state index in [9.17, 15) is 4.79 Å². The van der Waals surface area contributed by atoms with Crippen molar-refractivity contribution in [3.63, 3.8) is 0 Å². The van der Waals surface area contributed by atoms with Crippen LogP contribution in [0.15, 0.2) is 48.9 Å². The maximum Gasteiger partial charge on any atom is 0.231 e. The summed E-state index contributed by atoms with van der Waals surface area (Å²) < 4.78 is 1.97. The minimum Gasteiger partial charge on any atom is -0.355 e. The summed E-state index contributed by atoms with van der Waals surface area (Å²) in [6.45, 7) is 2.21. The van der Waals surface area contributed by atoms with Gasteiger partial charge < -0.3 is 10.2 Å². The number of pyridine rings is 2. The molecule has 1 atom stereocenters. The van der Waals surface area contributed by atoms with Crippen LogP contribution in [0.5, 0.6) is 0 Å². The highest BCUT2D eigenvalue weighted by molar-refractivity contribution is 5.79. The topological polar surface area (TPSA) is 75.4 Å². The molecule has 0 aliphatic carbocycles. The maximum absolute atomic E-state index is 12.6. The molecule has 0 spiro atoms. The fraction of sp³-hybridized carbons (Fsp3) is 0.368. The van der Waals surface area contributed by atoms with Crippen molar-refractivity contribution in [2.75, 3.05) is 24.5 Å². The molecular weight excluding hydrogens is 328 g/mol. The Bertz CT molecular complexity index is 878. The van der Waals surface area contributed by atoms with Crippen molar-refractivity contribution in [1.82, 2.24) is 24.9 Å². The molecule has 3 aromatic heterocycles. The molecule has 26 heavy (non-hydrogen) atoms. The summed E-state index contributed by atoms with van der Waals surface area (Å²) in [5, 5.41) is 11.6. The zero-order valence-corrected chi connectivity index (χ0v) is 14.6. The lowest BCUT2D eigenvalue weighted by Gasteiger charge is -2.32. The Morgan fingerprint density at radius 3 is 3.08 bits per heavy atom. The van der Waals surface area contributed by atoms with E-state index in [0.29, 0.717) is 13.1 Å². The number of anilines is 1. The summed E-state index contributed by atoms with van der Waals surface area (Å²) in [7, 11) is 0. The number of piperidine rings is 1. The van der Waals surface area contributed by atoms with Crippen LogP contribution in [0, 0.1) is 5.92 Å². The van der Waals surface area contributed by atoms with Gasteiger partial charge in [-0.05, 0) is 43.0 Å². The molecule has 7 nitrogen and oxygen atoms in total. The minimum absolute atomic E-state index is 0.0197. The molecule has 0 radical (unpaired) electrons. The number of nitrogens with one attached hydrogen (secondary N) is 1. The second-order valence-corrected chi connectivity index (χ2v) is 6.62. The Morgan fingerprint density at radius 2 is 2.19 bits per heavy atom. The number of amides is 1. The summed E-state index contributed by atoms with van der Waals surface area (Å²) >= 11 is 0. The van der Waals surface area contributed by atoms with E-state index in [1.807, 2.05) is 47.1 Å². The van der Waals surface area contributed by atoms with Gasteiger partial charge >= 0.3 is 0 Å². The van der Waals surface area contributed by atoms with Crippen LogP contribution in [0.2, 0.25) is 0 Å². The fourth-order valence-corrected chi connectivity index (χ4v) is 3.44. The van der Waals surface area contributed by atoms with Crippen molar-refractivity contribution in [1.29, 1.82) is 0 Å². The average Bonchev–Trinajstić information content (AvgIpc) is 3.13. The summed E-state index contributed by atoms with van der Waals surface area (Å²) in [5.41, 5.74) is 1.96. The molecule has 4 heterocycles. The highest BCUT2D eigenvalue weighted by Gasteiger charge is 2.27. The summed E-state index contributed by atoms with van der Waals surface area (Å²) in [6, 6.07) is 9.79. The molecular formula is C19H22N6O. The van der Waals surface area contributed by atoms with Gasteiger partial charge in [0.25, 0.3) is 0 Å². The Hall–Kier alpha value is -2.96. The van der Waals surface area contributed by atoms with Crippen LogP contribution >= 0.6 is 0 Å². The van der Waals surface area contributed by atoms with Crippen LogP contribution in [0.25, 0.3) is 5.65 Å². The van der Waals surface area contributed by atoms with E-state index in [1.165, 1.54) is 0 Å². The highest BCUT2D eigenvalue weighted by atomic mass is 16.1. The average molecular weight is 350 g/mol. The zero-order chi connectivity index (χ0) is 17.8. The van der Waals surface area contributed by atoms with Crippen molar-refractivity contribution in [3.8, 4) is 0 Å². The van der Waals surface area contributed by atoms with Gasteiger partial charge in [-0.3, -0.25) is 14.2 Å². The predicted octanol–water partition coefficient (Wildman–Crippen LogP) is 1.70. The molecule has 1 amide bonds. The number of aromatic nitrogens is 4. The van der Waals surface area contributed by atoms with Crippen molar-refractivity contribution in [2.24, 2.45) is 5.92 Å². The lowest BCUT2D eigenvalue weighted by atomic mass is 9.97. The van der Waals surface area contributed by atoms with Gasteiger partial charge in [-0.2, -0.15) is 0 Å². The Labute approximate surface area is 152 Å². The first kappa shape index (κ1) is 16.5. The molecule has 0 aromatic carbocycles. The summed E-state index contributed by atoms with van der Waals surface area (Å²) in [4.78, 5) is 18.8. The van der Waals surface area contributed by atoms with Crippen molar-refractivity contribution in [2.45, 2.75) is 19.3 Å². The number of hydrogen-bond acceptors (Lipinski definition) is 5. The Balaban J connectivity index is 1.36. The van der Waals surface area contributed by atoms with Crippen LogP contribution in [0.1, 0.15) is 18.4 Å². The van der Waals surface area contributed by atoms with E-state index in [4.69, 9.17) is 0 Å². The second kappa shape index (κ2) is 7.51. The Kier molecular flexibility index (Phi) is 4.77. The molecule has 0 saturated carbocycles. The molecule has 1 N–H and O–H groups in total. The number of hydrogen-bond donors (Lipinski definition) is 1. The second-order valence-electron chi connectivity index (χ2n) is 6.62. The molecule has 1 aliphatic heterocycles. The van der Waals surface area contributed by atoms with E-state index >= 15 is 0 Å². The molecule has 1 aliphatic rings. The minimum atomic E-state index is -0.0197. The van der Waals surface area contributed by atoms with Gasteiger partial charge in [0.05, 0.1) is 5.92 Å². The van der Waals surface area contributed by atoms with Crippen LogP contribution in [0.4, 0.5) is 5.95 Å². The van der Waals surface area contributed by atoms with E-state index in [-0.39, 0.29) is 11.8 Å². The number of rotatable bonds is 5. The SMILES string of the molecule is O=C(NCCc1cccnc1)C1CCCN(c2nnc3ccccn23)C1. The molecule has 0 bridgehead atoms. The fourth-order valence-electron chi connectivity index (χ4n) is 3.44. The monoisotopic (exact) mass is 350 g/mol.